The summed E-state index contributed by atoms with van der Waals surface area (Å²) in [6.45, 7) is 0. The molecule has 0 atom stereocenters. The Balaban J connectivity index is 3.16. The van der Waals surface area contributed by atoms with Crippen LogP contribution in [0.25, 0.3) is 0 Å². The summed E-state index contributed by atoms with van der Waals surface area (Å²) in [7, 11) is 0. The average Bonchev–Trinajstić information content (AvgIpc) is 2.07. The second-order valence-corrected chi connectivity index (χ2v) is 4.51. The smallest absolute Gasteiger partial charge is 0.166 e. The number of alkyl halides is 3. The molecule has 78 valence electrons. The van der Waals surface area contributed by atoms with Gasteiger partial charge < -0.3 is 0 Å². The number of rotatable bonds is 2. The molecule has 0 aliphatic carbocycles. The lowest BCUT2D eigenvalue weighted by molar-refractivity contribution is -0.138. The normalized spacial score (nSPS) is 11.8. The Hall–Kier alpha value is -0.160. The van der Waals surface area contributed by atoms with Crippen LogP contribution in [-0.4, -0.2) is 6.26 Å². The Morgan fingerprint density at radius 1 is 1.36 bits per heavy atom. The fourth-order valence-corrected chi connectivity index (χ4v) is 2.02. The van der Waals surface area contributed by atoms with Crippen molar-refractivity contribution in [1.82, 2.24) is 0 Å². The van der Waals surface area contributed by atoms with E-state index in [-0.39, 0.29) is 0 Å². The van der Waals surface area contributed by atoms with E-state index in [4.69, 9.17) is 0 Å². The molecule has 0 bridgehead atoms. The van der Waals surface area contributed by atoms with E-state index in [1.165, 1.54) is 17.8 Å². The summed E-state index contributed by atoms with van der Waals surface area (Å²) in [6, 6.07) is 4.25. The molecule has 0 aliphatic heterocycles. The van der Waals surface area contributed by atoms with Gasteiger partial charge in [-0.15, -0.1) is 0 Å². The minimum Gasteiger partial charge on any atom is -0.166 e. The molecule has 5 heteroatoms. The summed E-state index contributed by atoms with van der Waals surface area (Å²) in [5.41, 5.74) is -0.227. The molecule has 0 unspecified atom stereocenters. The standard InChI is InChI=1S/C9H8BrF3S/c1-14-5-6-2-3-7(10)4-8(6)9(11,12)13/h2-4H,5H2,1H3. The van der Waals surface area contributed by atoms with Crippen molar-refractivity contribution in [3.05, 3.63) is 33.8 Å². The van der Waals surface area contributed by atoms with Crippen molar-refractivity contribution in [2.24, 2.45) is 0 Å². The van der Waals surface area contributed by atoms with Crippen molar-refractivity contribution in [1.29, 1.82) is 0 Å². The van der Waals surface area contributed by atoms with Gasteiger partial charge in [0.1, 0.15) is 0 Å². The molecule has 0 nitrogen and oxygen atoms in total. The zero-order valence-corrected chi connectivity index (χ0v) is 9.76. The molecule has 0 saturated heterocycles. The van der Waals surface area contributed by atoms with E-state index in [0.29, 0.717) is 15.8 Å². The Labute approximate surface area is 93.0 Å². The minimum atomic E-state index is -4.27. The van der Waals surface area contributed by atoms with Crippen LogP contribution in [-0.2, 0) is 11.9 Å². The molecule has 0 radical (unpaired) electrons. The molecule has 14 heavy (non-hydrogen) atoms. The second kappa shape index (κ2) is 4.57. The van der Waals surface area contributed by atoms with Crippen molar-refractivity contribution in [2.75, 3.05) is 6.26 Å². The molecule has 0 fully saturated rings. The highest BCUT2D eigenvalue weighted by atomic mass is 79.9. The van der Waals surface area contributed by atoms with Crippen molar-refractivity contribution in [3.63, 3.8) is 0 Å². The van der Waals surface area contributed by atoms with E-state index in [0.717, 1.165) is 6.07 Å². The fourth-order valence-electron chi connectivity index (χ4n) is 1.09. The average molecular weight is 285 g/mol. The molecule has 0 aliphatic rings. The van der Waals surface area contributed by atoms with Gasteiger partial charge in [-0.05, 0) is 24.0 Å². The first kappa shape index (κ1) is 11.9. The van der Waals surface area contributed by atoms with E-state index in [9.17, 15) is 13.2 Å². The van der Waals surface area contributed by atoms with Crippen LogP contribution in [0.15, 0.2) is 22.7 Å². The van der Waals surface area contributed by atoms with Gasteiger partial charge in [0.2, 0.25) is 0 Å². The zero-order chi connectivity index (χ0) is 10.8. The van der Waals surface area contributed by atoms with Crippen LogP contribution in [0.3, 0.4) is 0 Å². The summed E-state index contributed by atoms with van der Waals surface area (Å²) in [5, 5.41) is 0. The Bertz CT molecular complexity index is 322. The first-order chi connectivity index (χ1) is 6.45. The molecule has 0 amide bonds. The predicted molar refractivity (Wildman–Crippen MR) is 56.4 cm³/mol. The summed E-state index contributed by atoms with van der Waals surface area (Å²) in [4.78, 5) is 0. The van der Waals surface area contributed by atoms with Gasteiger partial charge in [-0.25, -0.2) is 0 Å². The lowest BCUT2D eigenvalue weighted by Crippen LogP contribution is -2.08. The fraction of sp³-hybridized carbons (Fsp3) is 0.333. The molecular formula is C9H8BrF3S. The van der Waals surface area contributed by atoms with Gasteiger partial charge >= 0.3 is 6.18 Å². The number of benzene rings is 1. The predicted octanol–water partition coefficient (Wildman–Crippen LogP) is 4.33. The molecule has 0 spiro atoms. The number of halogens is 4. The Morgan fingerprint density at radius 3 is 2.50 bits per heavy atom. The van der Waals surface area contributed by atoms with Crippen LogP contribution in [0.5, 0.6) is 0 Å². The van der Waals surface area contributed by atoms with Crippen LogP contribution in [0, 0.1) is 0 Å². The Kier molecular flexibility index (Phi) is 3.89. The first-order valence-corrected chi connectivity index (χ1v) is 5.98. The van der Waals surface area contributed by atoms with Gasteiger partial charge in [0.25, 0.3) is 0 Å². The van der Waals surface area contributed by atoms with Gasteiger partial charge in [0, 0.05) is 10.2 Å². The third kappa shape index (κ3) is 2.92. The molecule has 0 N–H and O–H groups in total. The molecule has 0 saturated carbocycles. The van der Waals surface area contributed by atoms with Crippen molar-refractivity contribution in [3.8, 4) is 0 Å². The maximum Gasteiger partial charge on any atom is 0.416 e. The first-order valence-electron chi connectivity index (χ1n) is 3.79. The highest BCUT2D eigenvalue weighted by Gasteiger charge is 2.33. The zero-order valence-electron chi connectivity index (χ0n) is 7.36. The van der Waals surface area contributed by atoms with Crippen LogP contribution >= 0.6 is 27.7 Å². The number of hydrogen-bond acceptors (Lipinski definition) is 1. The lowest BCUT2D eigenvalue weighted by Gasteiger charge is -2.12. The van der Waals surface area contributed by atoms with Gasteiger partial charge in [0.15, 0.2) is 0 Å². The van der Waals surface area contributed by atoms with Gasteiger partial charge in [-0.1, -0.05) is 22.0 Å². The van der Waals surface area contributed by atoms with Crippen LogP contribution < -0.4 is 0 Å². The SMILES string of the molecule is CSCc1ccc(Br)cc1C(F)(F)F. The minimum absolute atomic E-state index is 0.327. The van der Waals surface area contributed by atoms with Crippen molar-refractivity contribution >= 4 is 27.7 Å². The van der Waals surface area contributed by atoms with Crippen molar-refractivity contribution < 1.29 is 13.2 Å². The lowest BCUT2D eigenvalue weighted by atomic mass is 10.1. The van der Waals surface area contributed by atoms with E-state index in [1.54, 1.807) is 12.3 Å². The summed E-state index contributed by atoms with van der Waals surface area (Å²) < 4.78 is 38.0. The highest BCUT2D eigenvalue weighted by Crippen LogP contribution is 2.34. The summed E-state index contributed by atoms with van der Waals surface area (Å²) >= 11 is 4.41. The molecular weight excluding hydrogens is 277 g/mol. The maximum absolute atomic E-state index is 12.5. The van der Waals surface area contributed by atoms with Crippen molar-refractivity contribution in [2.45, 2.75) is 11.9 Å². The molecule has 0 aromatic heterocycles. The van der Waals surface area contributed by atoms with E-state index < -0.39 is 11.7 Å². The molecule has 1 aromatic rings. The third-order valence-electron chi connectivity index (χ3n) is 1.68. The molecule has 1 rings (SSSR count). The Morgan fingerprint density at radius 2 is 2.00 bits per heavy atom. The summed E-state index contributed by atoms with van der Waals surface area (Å²) in [6.07, 6.45) is -2.49. The van der Waals surface area contributed by atoms with Gasteiger partial charge in [-0.3, -0.25) is 0 Å². The van der Waals surface area contributed by atoms with Crippen LogP contribution in [0.1, 0.15) is 11.1 Å². The second-order valence-electron chi connectivity index (χ2n) is 2.73. The molecule has 1 aromatic carbocycles. The number of hydrogen-bond donors (Lipinski definition) is 0. The third-order valence-corrected chi connectivity index (χ3v) is 2.77. The highest BCUT2D eigenvalue weighted by molar-refractivity contribution is 9.10. The number of thioether (sulfide) groups is 1. The van der Waals surface area contributed by atoms with Crippen LogP contribution in [0.4, 0.5) is 13.2 Å². The quantitative estimate of drug-likeness (QED) is 0.779. The topological polar surface area (TPSA) is 0 Å². The molecule has 0 heterocycles. The van der Waals surface area contributed by atoms with E-state index >= 15 is 0 Å². The van der Waals surface area contributed by atoms with Crippen LogP contribution in [0.2, 0.25) is 0 Å². The monoisotopic (exact) mass is 284 g/mol. The van der Waals surface area contributed by atoms with Gasteiger partial charge in [-0.2, -0.15) is 24.9 Å². The maximum atomic E-state index is 12.5. The van der Waals surface area contributed by atoms with E-state index in [2.05, 4.69) is 15.9 Å². The summed E-state index contributed by atoms with van der Waals surface area (Å²) in [5.74, 6) is 0.377. The van der Waals surface area contributed by atoms with Gasteiger partial charge in [0.05, 0.1) is 5.56 Å². The largest absolute Gasteiger partial charge is 0.416 e. The van der Waals surface area contributed by atoms with E-state index in [1.807, 2.05) is 0 Å².